The maximum atomic E-state index is 12.3. The van der Waals surface area contributed by atoms with E-state index in [2.05, 4.69) is 10.4 Å². The average molecular weight is 301 g/mol. The lowest BCUT2D eigenvalue weighted by molar-refractivity contribution is 0.0518. The summed E-state index contributed by atoms with van der Waals surface area (Å²) >= 11 is 0. The Balaban J connectivity index is 2.56. The van der Waals surface area contributed by atoms with Gasteiger partial charge in [0.1, 0.15) is 0 Å². The number of carbonyl (C=O) groups excluding carboxylic acids is 1. The number of nitrogens with one attached hydrogen (secondary N) is 1. The van der Waals surface area contributed by atoms with Crippen molar-refractivity contribution in [2.45, 2.75) is 26.8 Å². The second-order valence-corrected chi connectivity index (χ2v) is 5.01. The Morgan fingerprint density at radius 2 is 2.00 bits per heavy atom. The van der Waals surface area contributed by atoms with Crippen molar-refractivity contribution >= 4 is 11.7 Å². The summed E-state index contributed by atoms with van der Waals surface area (Å²) in [5, 5.41) is 7.24. The molecule has 0 aliphatic heterocycles. The first-order valence-electron chi connectivity index (χ1n) is 7.16. The fourth-order valence-electron chi connectivity index (χ4n) is 1.98. The molecule has 0 radical (unpaired) electrons. The maximum absolute atomic E-state index is 12.3. The second-order valence-electron chi connectivity index (χ2n) is 5.01. The number of para-hydroxylation sites is 1. The van der Waals surface area contributed by atoms with Gasteiger partial charge in [0, 0.05) is 12.1 Å². The molecule has 0 amide bonds. The summed E-state index contributed by atoms with van der Waals surface area (Å²) in [6.45, 7) is 5.79. The van der Waals surface area contributed by atoms with Crippen molar-refractivity contribution < 1.29 is 9.53 Å². The molecule has 0 aliphatic carbocycles. The quantitative estimate of drug-likeness (QED) is 0.857. The standard InChI is InChI=1S/C16H19N3O3/c1-4-22-16(21)15-13(17-11(2)3)10-14(20)19(18-15)12-8-6-5-7-9-12/h5-11,17H,4H2,1-3H3. The summed E-state index contributed by atoms with van der Waals surface area (Å²) in [7, 11) is 0. The van der Waals surface area contributed by atoms with Crippen molar-refractivity contribution in [1.82, 2.24) is 9.78 Å². The first-order chi connectivity index (χ1) is 10.5. The molecule has 22 heavy (non-hydrogen) atoms. The van der Waals surface area contributed by atoms with Gasteiger partial charge in [-0.2, -0.15) is 9.78 Å². The van der Waals surface area contributed by atoms with Gasteiger partial charge in [-0.25, -0.2) is 4.79 Å². The molecule has 0 bridgehead atoms. The van der Waals surface area contributed by atoms with Crippen LogP contribution in [0.15, 0.2) is 41.2 Å². The Bertz CT molecular complexity index is 708. The smallest absolute Gasteiger partial charge is 0.360 e. The fourth-order valence-corrected chi connectivity index (χ4v) is 1.98. The minimum Gasteiger partial charge on any atom is -0.461 e. The number of esters is 1. The molecule has 0 saturated carbocycles. The van der Waals surface area contributed by atoms with Gasteiger partial charge >= 0.3 is 5.97 Å². The molecule has 0 saturated heterocycles. The summed E-state index contributed by atoms with van der Waals surface area (Å²) in [4.78, 5) is 24.4. The Morgan fingerprint density at radius 1 is 1.32 bits per heavy atom. The molecule has 0 unspecified atom stereocenters. The highest BCUT2D eigenvalue weighted by atomic mass is 16.5. The Labute approximate surface area is 128 Å². The molecule has 0 spiro atoms. The van der Waals surface area contributed by atoms with Gasteiger partial charge in [-0.3, -0.25) is 4.79 Å². The summed E-state index contributed by atoms with van der Waals surface area (Å²) in [5.41, 5.74) is 0.751. The molecule has 6 heteroatoms. The van der Waals surface area contributed by atoms with Crippen LogP contribution in [0.4, 0.5) is 5.69 Å². The summed E-state index contributed by atoms with van der Waals surface area (Å²) in [5.74, 6) is -0.560. The van der Waals surface area contributed by atoms with Crippen LogP contribution in [-0.4, -0.2) is 28.4 Å². The number of aromatic nitrogens is 2. The first-order valence-corrected chi connectivity index (χ1v) is 7.16. The van der Waals surface area contributed by atoms with Crippen LogP contribution in [0.5, 0.6) is 0 Å². The van der Waals surface area contributed by atoms with Gasteiger partial charge in [0.05, 0.1) is 18.0 Å². The third kappa shape index (κ3) is 3.52. The van der Waals surface area contributed by atoms with Gasteiger partial charge in [-0.05, 0) is 32.9 Å². The zero-order chi connectivity index (χ0) is 16.1. The van der Waals surface area contributed by atoms with Crippen molar-refractivity contribution in [1.29, 1.82) is 0 Å². The maximum Gasteiger partial charge on any atom is 0.360 e. The molecule has 2 rings (SSSR count). The van der Waals surface area contributed by atoms with Crippen LogP contribution in [0.3, 0.4) is 0 Å². The highest BCUT2D eigenvalue weighted by Gasteiger charge is 2.18. The Morgan fingerprint density at radius 3 is 2.59 bits per heavy atom. The Hall–Kier alpha value is -2.63. The molecule has 1 aromatic carbocycles. The fraction of sp³-hybridized carbons (Fsp3) is 0.312. The van der Waals surface area contributed by atoms with Crippen molar-refractivity contribution in [2.75, 3.05) is 11.9 Å². The number of anilines is 1. The molecular weight excluding hydrogens is 282 g/mol. The molecule has 116 valence electrons. The topological polar surface area (TPSA) is 73.2 Å². The highest BCUT2D eigenvalue weighted by Crippen LogP contribution is 2.14. The molecule has 1 aromatic heterocycles. The van der Waals surface area contributed by atoms with E-state index < -0.39 is 5.97 Å². The van der Waals surface area contributed by atoms with Crippen LogP contribution in [0.25, 0.3) is 5.69 Å². The number of nitrogens with zero attached hydrogens (tertiary/aromatic N) is 2. The molecule has 0 aliphatic rings. The van der Waals surface area contributed by atoms with Crippen LogP contribution >= 0.6 is 0 Å². The van der Waals surface area contributed by atoms with Gasteiger partial charge in [0.15, 0.2) is 5.69 Å². The van der Waals surface area contributed by atoms with Gasteiger partial charge in [-0.15, -0.1) is 0 Å². The lowest BCUT2D eigenvalue weighted by atomic mass is 10.2. The van der Waals surface area contributed by atoms with Gasteiger partial charge in [0.25, 0.3) is 5.56 Å². The number of carbonyl (C=O) groups is 1. The lowest BCUT2D eigenvalue weighted by Crippen LogP contribution is -2.27. The molecule has 1 heterocycles. The number of rotatable bonds is 5. The summed E-state index contributed by atoms with van der Waals surface area (Å²) in [6, 6.07) is 10.4. The van der Waals surface area contributed by atoms with Crippen LogP contribution in [0.2, 0.25) is 0 Å². The lowest BCUT2D eigenvalue weighted by Gasteiger charge is -2.14. The van der Waals surface area contributed by atoms with Crippen molar-refractivity contribution in [3.63, 3.8) is 0 Å². The molecule has 6 nitrogen and oxygen atoms in total. The van der Waals surface area contributed by atoms with Gasteiger partial charge in [0.2, 0.25) is 0 Å². The van der Waals surface area contributed by atoms with Gasteiger partial charge < -0.3 is 10.1 Å². The minimum atomic E-state index is -0.560. The average Bonchev–Trinajstić information content (AvgIpc) is 2.48. The predicted octanol–water partition coefficient (Wildman–Crippen LogP) is 2.23. The van der Waals surface area contributed by atoms with E-state index in [1.807, 2.05) is 19.9 Å². The van der Waals surface area contributed by atoms with E-state index in [-0.39, 0.29) is 23.9 Å². The van der Waals surface area contributed by atoms with Crippen molar-refractivity contribution in [2.24, 2.45) is 0 Å². The van der Waals surface area contributed by atoms with E-state index in [9.17, 15) is 9.59 Å². The number of hydrogen-bond donors (Lipinski definition) is 1. The number of benzene rings is 1. The monoisotopic (exact) mass is 301 g/mol. The van der Waals surface area contributed by atoms with Crippen LogP contribution in [-0.2, 0) is 4.74 Å². The van der Waals surface area contributed by atoms with Crippen LogP contribution < -0.4 is 10.9 Å². The molecular formula is C16H19N3O3. The van der Waals surface area contributed by atoms with E-state index >= 15 is 0 Å². The zero-order valence-electron chi connectivity index (χ0n) is 12.9. The number of ether oxygens (including phenoxy) is 1. The normalized spacial score (nSPS) is 10.5. The second kappa shape index (κ2) is 6.89. The van der Waals surface area contributed by atoms with Gasteiger partial charge in [-0.1, -0.05) is 18.2 Å². The van der Waals surface area contributed by atoms with Crippen LogP contribution in [0.1, 0.15) is 31.3 Å². The van der Waals surface area contributed by atoms with Crippen molar-refractivity contribution in [3.05, 3.63) is 52.4 Å². The third-order valence-corrected chi connectivity index (χ3v) is 2.85. The predicted molar refractivity (Wildman–Crippen MR) is 84.5 cm³/mol. The van der Waals surface area contributed by atoms with E-state index in [0.717, 1.165) is 0 Å². The highest BCUT2D eigenvalue weighted by molar-refractivity contribution is 5.93. The van der Waals surface area contributed by atoms with Crippen LogP contribution in [0, 0.1) is 0 Å². The SMILES string of the molecule is CCOC(=O)c1nn(-c2ccccc2)c(=O)cc1NC(C)C. The van der Waals surface area contributed by atoms with E-state index in [4.69, 9.17) is 4.74 Å². The molecule has 2 aromatic rings. The third-order valence-electron chi connectivity index (χ3n) is 2.85. The van der Waals surface area contributed by atoms with E-state index in [1.165, 1.54) is 10.7 Å². The summed E-state index contributed by atoms with van der Waals surface area (Å²) in [6.07, 6.45) is 0. The number of hydrogen-bond acceptors (Lipinski definition) is 5. The zero-order valence-corrected chi connectivity index (χ0v) is 12.9. The van der Waals surface area contributed by atoms with E-state index in [1.54, 1.807) is 31.2 Å². The van der Waals surface area contributed by atoms with E-state index in [0.29, 0.717) is 11.4 Å². The molecule has 0 atom stereocenters. The largest absolute Gasteiger partial charge is 0.461 e. The minimum absolute atomic E-state index is 0.0574. The summed E-state index contributed by atoms with van der Waals surface area (Å²) < 4.78 is 6.22. The molecule has 0 fully saturated rings. The molecule has 1 N–H and O–H groups in total. The first kappa shape index (κ1) is 15.8. The van der Waals surface area contributed by atoms with Crippen molar-refractivity contribution in [3.8, 4) is 5.69 Å². The Kier molecular flexibility index (Phi) is 4.93.